The standard InChI is InChI=1S/C16H22N6O/c1-5-22-9-8-17-14(22)12-21(4)15(23)7-6-13-10-18-16(19-11-13)20(2)3/h6-11H,5,12H2,1-4H3. The van der Waals surface area contributed by atoms with Gasteiger partial charge in [0.25, 0.3) is 0 Å². The first-order valence-electron chi connectivity index (χ1n) is 7.43. The molecule has 0 radical (unpaired) electrons. The van der Waals surface area contributed by atoms with Gasteiger partial charge in [0.15, 0.2) is 0 Å². The number of anilines is 1. The van der Waals surface area contributed by atoms with Gasteiger partial charge < -0.3 is 14.4 Å². The number of carbonyl (C=O) groups excluding carboxylic acids is 1. The fraction of sp³-hybridized carbons (Fsp3) is 0.375. The largest absolute Gasteiger partial charge is 0.347 e. The van der Waals surface area contributed by atoms with E-state index in [-0.39, 0.29) is 5.91 Å². The highest BCUT2D eigenvalue weighted by Gasteiger charge is 2.09. The first-order chi connectivity index (χ1) is 11.0. The fourth-order valence-corrected chi connectivity index (χ4v) is 2.01. The molecule has 1 amide bonds. The zero-order chi connectivity index (χ0) is 16.8. The Hall–Kier alpha value is -2.70. The molecular weight excluding hydrogens is 292 g/mol. The molecule has 2 aromatic heterocycles. The number of carbonyl (C=O) groups is 1. The minimum absolute atomic E-state index is 0.0904. The molecule has 0 fully saturated rings. The van der Waals surface area contributed by atoms with E-state index in [2.05, 4.69) is 15.0 Å². The molecule has 0 atom stereocenters. The molecule has 0 aliphatic heterocycles. The highest BCUT2D eigenvalue weighted by atomic mass is 16.2. The molecule has 2 aromatic rings. The summed E-state index contributed by atoms with van der Waals surface area (Å²) in [6.45, 7) is 3.35. The van der Waals surface area contributed by atoms with E-state index in [1.165, 1.54) is 6.08 Å². The zero-order valence-electron chi connectivity index (χ0n) is 14.0. The van der Waals surface area contributed by atoms with Crippen LogP contribution in [0.5, 0.6) is 0 Å². The fourth-order valence-electron chi connectivity index (χ4n) is 2.01. The van der Waals surface area contributed by atoms with Crippen molar-refractivity contribution in [3.05, 3.63) is 42.3 Å². The van der Waals surface area contributed by atoms with E-state index in [0.717, 1.165) is 17.9 Å². The maximum atomic E-state index is 12.2. The van der Waals surface area contributed by atoms with Gasteiger partial charge in [-0.3, -0.25) is 4.79 Å². The predicted octanol–water partition coefficient (Wildman–Crippen LogP) is 1.43. The molecule has 0 saturated heterocycles. The van der Waals surface area contributed by atoms with Gasteiger partial charge in [0.05, 0.1) is 6.54 Å². The topological polar surface area (TPSA) is 67.2 Å². The average Bonchev–Trinajstić information content (AvgIpc) is 3.00. The van der Waals surface area contributed by atoms with Gasteiger partial charge in [0, 0.05) is 64.1 Å². The van der Waals surface area contributed by atoms with Crippen molar-refractivity contribution in [2.45, 2.75) is 20.0 Å². The minimum atomic E-state index is -0.0904. The van der Waals surface area contributed by atoms with Gasteiger partial charge in [0.2, 0.25) is 11.9 Å². The maximum Gasteiger partial charge on any atom is 0.246 e. The van der Waals surface area contributed by atoms with Gasteiger partial charge in [-0.15, -0.1) is 0 Å². The number of aryl methyl sites for hydroxylation is 1. The van der Waals surface area contributed by atoms with E-state index in [0.29, 0.717) is 12.5 Å². The lowest BCUT2D eigenvalue weighted by molar-refractivity contribution is -0.125. The molecule has 0 saturated carbocycles. The maximum absolute atomic E-state index is 12.2. The van der Waals surface area contributed by atoms with Gasteiger partial charge in [-0.2, -0.15) is 0 Å². The molecule has 23 heavy (non-hydrogen) atoms. The molecule has 122 valence electrons. The van der Waals surface area contributed by atoms with Crippen LogP contribution in [0.15, 0.2) is 30.9 Å². The Labute approximate surface area is 136 Å². The van der Waals surface area contributed by atoms with E-state index in [9.17, 15) is 4.79 Å². The third-order valence-electron chi connectivity index (χ3n) is 3.37. The van der Waals surface area contributed by atoms with Crippen LogP contribution in [0, 0.1) is 0 Å². The summed E-state index contributed by atoms with van der Waals surface area (Å²) in [6, 6.07) is 0. The van der Waals surface area contributed by atoms with Crippen LogP contribution in [0.1, 0.15) is 18.3 Å². The molecule has 0 aliphatic rings. The van der Waals surface area contributed by atoms with E-state index in [4.69, 9.17) is 0 Å². The van der Waals surface area contributed by atoms with Crippen LogP contribution in [0.3, 0.4) is 0 Å². The molecule has 0 bridgehead atoms. The van der Waals surface area contributed by atoms with Crippen LogP contribution >= 0.6 is 0 Å². The summed E-state index contributed by atoms with van der Waals surface area (Å²) < 4.78 is 2.02. The van der Waals surface area contributed by atoms with E-state index >= 15 is 0 Å². The number of aromatic nitrogens is 4. The summed E-state index contributed by atoms with van der Waals surface area (Å²) in [5.74, 6) is 1.42. The molecule has 0 N–H and O–H groups in total. The van der Waals surface area contributed by atoms with Crippen molar-refractivity contribution in [2.24, 2.45) is 0 Å². The second-order valence-corrected chi connectivity index (χ2v) is 5.37. The van der Waals surface area contributed by atoms with E-state index in [1.54, 1.807) is 36.6 Å². The molecule has 2 rings (SSSR count). The Morgan fingerprint density at radius 1 is 1.22 bits per heavy atom. The lowest BCUT2D eigenvalue weighted by Gasteiger charge is -2.15. The summed E-state index contributed by atoms with van der Waals surface area (Å²) in [4.78, 5) is 28.3. The van der Waals surface area contributed by atoms with Crippen LogP contribution in [-0.2, 0) is 17.9 Å². The molecule has 0 spiro atoms. The van der Waals surface area contributed by atoms with E-state index < -0.39 is 0 Å². The first kappa shape index (κ1) is 16.7. The summed E-state index contributed by atoms with van der Waals surface area (Å²) >= 11 is 0. The second-order valence-electron chi connectivity index (χ2n) is 5.37. The van der Waals surface area contributed by atoms with Gasteiger partial charge in [-0.05, 0) is 13.0 Å². The van der Waals surface area contributed by atoms with Crippen molar-refractivity contribution < 1.29 is 4.79 Å². The number of rotatable bonds is 6. The number of imidazole rings is 1. The zero-order valence-corrected chi connectivity index (χ0v) is 14.0. The summed E-state index contributed by atoms with van der Waals surface area (Å²) in [5.41, 5.74) is 0.785. The van der Waals surface area contributed by atoms with Crippen molar-refractivity contribution in [3.8, 4) is 0 Å². The van der Waals surface area contributed by atoms with Crippen LogP contribution in [0.4, 0.5) is 5.95 Å². The third kappa shape index (κ3) is 4.38. The van der Waals surface area contributed by atoms with Gasteiger partial charge in [-0.1, -0.05) is 0 Å². The summed E-state index contributed by atoms with van der Waals surface area (Å²) in [6.07, 6.45) is 10.3. The van der Waals surface area contributed by atoms with Crippen LogP contribution in [0.25, 0.3) is 6.08 Å². The first-order valence-corrected chi connectivity index (χ1v) is 7.43. The van der Waals surface area contributed by atoms with Crippen molar-refractivity contribution in [1.82, 2.24) is 24.4 Å². The molecule has 0 aliphatic carbocycles. The van der Waals surface area contributed by atoms with Gasteiger partial charge in [0.1, 0.15) is 5.82 Å². The molecule has 7 nitrogen and oxygen atoms in total. The van der Waals surface area contributed by atoms with Crippen molar-refractivity contribution >= 4 is 17.9 Å². The smallest absolute Gasteiger partial charge is 0.246 e. The summed E-state index contributed by atoms with van der Waals surface area (Å²) in [7, 11) is 5.51. The van der Waals surface area contributed by atoms with Crippen molar-refractivity contribution in [3.63, 3.8) is 0 Å². The van der Waals surface area contributed by atoms with Crippen LogP contribution in [0.2, 0.25) is 0 Å². The highest BCUT2D eigenvalue weighted by molar-refractivity contribution is 5.91. The normalized spacial score (nSPS) is 11.0. The Kier molecular flexibility index (Phi) is 5.46. The molecule has 0 aromatic carbocycles. The number of hydrogen-bond acceptors (Lipinski definition) is 5. The Morgan fingerprint density at radius 2 is 1.91 bits per heavy atom. The quantitative estimate of drug-likeness (QED) is 0.755. The van der Waals surface area contributed by atoms with Gasteiger partial charge in [-0.25, -0.2) is 15.0 Å². The highest BCUT2D eigenvalue weighted by Crippen LogP contribution is 2.06. The number of likely N-dealkylation sites (N-methyl/N-ethyl adjacent to an activating group) is 1. The lowest BCUT2D eigenvalue weighted by atomic mass is 10.3. The number of hydrogen-bond donors (Lipinski definition) is 0. The lowest BCUT2D eigenvalue weighted by Crippen LogP contribution is -2.25. The van der Waals surface area contributed by atoms with Gasteiger partial charge >= 0.3 is 0 Å². The predicted molar refractivity (Wildman–Crippen MR) is 89.8 cm³/mol. The molecule has 0 unspecified atom stereocenters. The van der Waals surface area contributed by atoms with Crippen molar-refractivity contribution in [2.75, 3.05) is 26.0 Å². The summed E-state index contributed by atoms with van der Waals surface area (Å²) in [5, 5.41) is 0. The second kappa shape index (κ2) is 7.53. The van der Waals surface area contributed by atoms with Crippen molar-refractivity contribution in [1.29, 1.82) is 0 Å². The molecular formula is C16H22N6O. The molecule has 7 heteroatoms. The Bertz CT molecular complexity index is 674. The number of amides is 1. The minimum Gasteiger partial charge on any atom is -0.347 e. The SMILES string of the molecule is CCn1ccnc1CN(C)C(=O)C=Cc1cnc(N(C)C)nc1. The average molecular weight is 314 g/mol. The molecule has 2 heterocycles. The Morgan fingerprint density at radius 3 is 2.52 bits per heavy atom. The van der Waals surface area contributed by atoms with Crippen LogP contribution in [-0.4, -0.2) is 51.5 Å². The number of nitrogens with zero attached hydrogens (tertiary/aromatic N) is 6. The third-order valence-corrected chi connectivity index (χ3v) is 3.37. The monoisotopic (exact) mass is 314 g/mol. The van der Waals surface area contributed by atoms with Crippen LogP contribution < -0.4 is 4.90 Å². The van der Waals surface area contributed by atoms with E-state index in [1.807, 2.05) is 36.7 Å². The Balaban J connectivity index is 1.97.